The summed E-state index contributed by atoms with van der Waals surface area (Å²) >= 11 is 13.2. The van der Waals surface area contributed by atoms with Gasteiger partial charge in [0, 0.05) is 24.5 Å². The second-order valence-corrected chi connectivity index (χ2v) is 6.91. The van der Waals surface area contributed by atoms with Crippen LogP contribution in [0.2, 0.25) is 10.0 Å². The van der Waals surface area contributed by atoms with Crippen LogP contribution in [-0.4, -0.2) is 17.1 Å². The number of nitrogens with zero attached hydrogens (tertiary/aromatic N) is 1. The highest BCUT2D eigenvalue weighted by Gasteiger charge is 2.07. The Morgan fingerprint density at radius 3 is 2.74 bits per heavy atom. The molecular formula is C15H18Cl2N4OS. The number of thiazole rings is 1. The Balaban J connectivity index is 1.81. The monoisotopic (exact) mass is 372 g/mol. The highest BCUT2D eigenvalue weighted by atomic mass is 35.5. The van der Waals surface area contributed by atoms with Gasteiger partial charge in [0.05, 0.1) is 15.7 Å². The van der Waals surface area contributed by atoms with Crippen LogP contribution in [0.5, 0.6) is 0 Å². The van der Waals surface area contributed by atoms with Crippen molar-refractivity contribution in [3.63, 3.8) is 0 Å². The molecule has 1 heterocycles. The molecule has 2 aromatic rings. The van der Waals surface area contributed by atoms with Gasteiger partial charge in [-0.2, -0.15) is 0 Å². The maximum atomic E-state index is 11.9. The number of hydrogen-bond donors (Lipinski definition) is 3. The average molecular weight is 373 g/mol. The molecule has 0 aliphatic rings. The molecule has 0 saturated heterocycles. The van der Waals surface area contributed by atoms with Crippen molar-refractivity contribution < 1.29 is 4.79 Å². The van der Waals surface area contributed by atoms with E-state index in [1.165, 1.54) is 11.3 Å². The van der Waals surface area contributed by atoms with E-state index in [0.29, 0.717) is 34.3 Å². The van der Waals surface area contributed by atoms with Crippen molar-refractivity contribution in [1.29, 1.82) is 0 Å². The normalized spacial score (nSPS) is 10.8. The smallest absolute Gasteiger partial charge is 0.321 e. The zero-order valence-corrected chi connectivity index (χ0v) is 15.1. The third-order valence-corrected chi connectivity index (χ3v) is 4.45. The minimum absolute atomic E-state index is 0.311. The summed E-state index contributed by atoms with van der Waals surface area (Å²) in [5, 5.41) is 12.2. The van der Waals surface area contributed by atoms with Crippen molar-refractivity contribution in [3.05, 3.63) is 44.9 Å². The number of amides is 2. The summed E-state index contributed by atoms with van der Waals surface area (Å²) in [6, 6.07) is 5.32. The molecule has 0 saturated carbocycles. The minimum Gasteiger partial charge on any atom is -0.334 e. The van der Waals surface area contributed by atoms with Gasteiger partial charge in [0.2, 0.25) is 0 Å². The molecule has 1 aromatic heterocycles. The highest BCUT2D eigenvalue weighted by molar-refractivity contribution is 7.13. The molecule has 2 amide bonds. The standard InChI is InChI=1S/C15H18Cl2N4OS/c1-9(2)18-7-11-8-23-15(20-11)21-14(22)19-6-10-3-4-12(16)13(17)5-10/h3-5,8-9,18H,6-7H2,1-2H3,(H2,19,20,21,22). The predicted molar refractivity (Wildman–Crippen MR) is 96.4 cm³/mol. The van der Waals surface area contributed by atoms with Crippen LogP contribution in [0.3, 0.4) is 0 Å². The number of nitrogens with one attached hydrogen (secondary N) is 3. The molecule has 23 heavy (non-hydrogen) atoms. The van der Waals surface area contributed by atoms with E-state index in [1.54, 1.807) is 12.1 Å². The van der Waals surface area contributed by atoms with Gasteiger partial charge >= 0.3 is 6.03 Å². The minimum atomic E-state index is -0.311. The fraction of sp³-hybridized carbons (Fsp3) is 0.333. The summed E-state index contributed by atoms with van der Waals surface area (Å²) in [4.78, 5) is 16.2. The summed E-state index contributed by atoms with van der Waals surface area (Å²) in [6.07, 6.45) is 0. The summed E-state index contributed by atoms with van der Waals surface area (Å²) in [5.74, 6) is 0. The zero-order chi connectivity index (χ0) is 16.8. The molecule has 0 fully saturated rings. The summed E-state index contributed by atoms with van der Waals surface area (Å²) in [7, 11) is 0. The van der Waals surface area contributed by atoms with Gasteiger partial charge in [-0.05, 0) is 17.7 Å². The van der Waals surface area contributed by atoms with Crippen LogP contribution >= 0.6 is 34.5 Å². The number of carbonyl (C=O) groups excluding carboxylic acids is 1. The second-order valence-electron chi connectivity index (χ2n) is 5.24. The van der Waals surface area contributed by atoms with Gasteiger partial charge in [0.25, 0.3) is 0 Å². The van der Waals surface area contributed by atoms with Gasteiger partial charge in [-0.25, -0.2) is 9.78 Å². The largest absolute Gasteiger partial charge is 0.334 e. The van der Waals surface area contributed by atoms with E-state index < -0.39 is 0 Å². The van der Waals surface area contributed by atoms with Crippen molar-refractivity contribution in [3.8, 4) is 0 Å². The van der Waals surface area contributed by atoms with Gasteiger partial charge in [-0.3, -0.25) is 5.32 Å². The zero-order valence-electron chi connectivity index (χ0n) is 12.8. The first-order valence-corrected chi connectivity index (χ1v) is 8.74. The Labute approximate surface area is 149 Å². The lowest BCUT2D eigenvalue weighted by molar-refractivity contribution is 0.251. The molecule has 5 nitrogen and oxygen atoms in total. The Hall–Kier alpha value is -1.34. The second kappa shape index (κ2) is 8.49. The number of aromatic nitrogens is 1. The molecule has 2 rings (SSSR count). The van der Waals surface area contributed by atoms with Crippen molar-refractivity contribution in [1.82, 2.24) is 15.6 Å². The molecule has 3 N–H and O–H groups in total. The summed E-state index contributed by atoms with van der Waals surface area (Å²) in [5.41, 5.74) is 1.78. The van der Waals surface area contributed by atoms with Crippen LogP contribution < -0.4 is 16.0 Å². The van der Waals surface area contributed by atoms with Crippen molar-refractivity contribution >= 4 is 45.7 Å². The van der Waals surface area contributed by atoms with E-state index in [1.807, 2.05) is 11.4 Å². The molecule has 124 valence electrons. The van der Waals surface area contributed by atoms with E-state index >= 15 is 0 Å². The molecule has 8 heteroatoms. The van der Waals surface area contributed by atoms with Gasteiger partial charge in [0.15, 0.2) is 5.13 Å². The van der Waals surface area contributed by atoms with Crippen LogP contribution in [0.25, 0.3) is 0 Å². The van der Waals surface area contributed by atoms with Crippen molar-refractivity contribution in [2.24, 2.45) is 0 Å². The number of urea groups is 1. The number of halogens is 2. The number of rotatable bonds is 6. The Morgan fingerprint density at radius 2 is 2.04 bits per heavy atom. The van der Waals surface area contributed by atoms with E-state index in [9.17, 15) is 4.79 Å². The molecule has 0 unspecified atom stereocenters. The number of carbonyl (C=O) groups is 1. The van der Waals surface area contributed by atoms with Crippen molar-refractivity contribution in [2.45, 2.75) is 33.0 Å². The van der Waals surface area contributed by atoms with E-state index in [-0.39, 0.29) is 6.03 Å². The van der Waals surface area contributed by atoms with Crippen LogP contribution in [-0.2, 0) is 13.1 Å². The van der Waals surface area contributed by atoms with Gasteiger partial charge in [-0.15, -0.1) is 11.3 Å². The van der Waals surface area contributed by atoms with Crippen molar-refractivity contribution in [2.75, 3.05) is 5.32 Å². The lowest BCUT2D eigenvalue weighted by Gasteiger charge is -2.07. The van der Waals surface area contributed by atoms with Crippen LogP contribution in [0.15, 0.2) is 23.6 Å². The Kier molecular flexibility index (Phi) is 6.65. The number of benzene rings is 1. The summed E-state index contributed by atoms with van der Waals surface area (Å²) in [6.45, 7) is 5.18. The third kappa shape index (κ3) is 5.99. The first-order valence-electron chi connectivity index (χ1n) is 7.10. The lowest BCUT2D eigenvalue weighted by Crippen LogP contribution is -2.28. The first kappa shape index (κ1) is 18.0. The SMILES string of the molecule is CC(C)NCc1csc(NC(=O)NCc2ccc(Cl)c(Cl)c2)n1. The molecular weight excluding hydrogens is 355 g/mol. The molecule has 0 bridgehead atoms. The average Bonchev–Trinajstić information content (AvgIpc) is 2.94. The fourth-order valence-corrected chi connectivity index (χ4v) is 2.75. The molecule has 0 aliphatic heterocycles. The maximum absolute atomic E-state index is 11.9. The topological polar surface area (TPSA) is 66.0 Å². The molecule has 0 atom stereocenters. The van der Waals surface area contributed by atoms with Crippen LogP contribution in [0.1, 0.15) is 25.1 Å². The molecule has 1 aromatic carbocycles. The summed E-state index contributed by atoms with van der Waals surface area (Å²) < 4.78 is 0. The fourth-order valence-electron chi connectivity index (χ4n) is 1.73. The van der Waals surface area contributed by atoms with Gasteiger partial charge in [0.1, 0.15) is 0 Å². The van der Waals surface area contributed by atoms with E-state index in [2.05, 4.69) is 34.8 Å². The highest BCUT2D eigenvalue weighted by Crippen LogP contribution is 2.22. The number of anilines is 1. The van der Waals surface area contributed by atoms with Crippen LogP contribution in [0.4, 0.5) is 9.93 Å². The van der Waals surface area contributed by atoms with E-state index in [4.69, 9.17) is 23.2 Å². The quantitative estimate of drug-likeness (QED) is 0.709. The Bertz CT molecular complexity index is 675. The molecule has 0 aliphatic carbocycles. The lowest BCUT2D eigenvalue weighted by atomic mass is 10.2. The maximum Gasteiger partial charge on any atom is 0.321 e. The van der Waals surface area contributed by atoms with E-state index in [0.717, 1.165) is 11.3 Å². The third-order valence-electron chi connectivity index (χ3n) is 2.90. The molecule has 0 spiro atoms. The predicted octanol–water partition coefficient (Wildman–Crippen LogP) is 4.27. The first-order chi connectivity index (χ1) is 10.9. The van der Waals surface area contributed by atoms with Gasteiger partial charge in [-0.1, -0.05) is 43.1 Å². The molecule has 0 radical (unpaired) electrons. The van der Waals surface area contributed by atoms with Crippen LogP contribution in [0, 0.1) is 0 Å². The Morgan fingerprint density at radius 1 is 1.26 bits per heavy atom. The number of hydrogen-bond acceptors (Lipinski definition) is 4. The van der Waals surface area contributed by atoms with Gasteiger partial charge < -0.3 is 10.6 Å².